The summed E-state index contributed by atoms with van der Waals surface area (Å²) in [4.78, 5) is 23.1. The van der Waals surface area contributed by atoms with E-state index in [1.807, 2.05) is 0 Å². The first-order valence-corrected chi connectivity index (χ1v) is 5.85. The number of carbonyl (C=O) groups is 2. The second kappa shape index (κ2) is 5.97. The molecule has 1 aliphatic carbocycles. The molecule has 0 saturated carbocycles. The molecule has 1 rings (SSSR count). The van der Waals surface area contributed by atoms with Crippen molar-refractivity contribution in [2.24, 2.45) is 11.8 Å². The molecule has 0 aromatic heterocycles. The van der Waals surface area contributed by atoms with E-state index < -0.39 is 42.5 Å². The minimum Gasteiger partial charge on any atom is -0.481 e. The quantitative estimate of drug-likeness (QED) is 0.497. The van der Waals surface area contributed by atoms with Crippen LogP contribution in [0.4, 0.5) is 0 Å². The molecule has 0 bridgehead atoms. The van der Waals surface area contributed by atoms with Crippen molar-refractivity contribution < 1.29 is 24.9 Å². The Hall–Kier alpha value is -1.40. The Morgan fingerprint density at radius 2 is 1.72 bits per heavy atom. The zero-order valence-electron chi connectivity index (χ0n) is 10.3. The molecule has 1 amide bonds. The molecule has 18 heavy (non-hydrogen) atoms. The Morgan fingerprint density at radius 1 is 1.22 bits per heavy atom. The lowest BCUT2D eigenvalue weighted by atomic mass is 9.82. The summed E-state index contributed by atoms with van der Waals surface area (Å²) in [6, 6.07) is 0. The number of aliphatic hydroxyl groups is 2. The van der Waals surface area contributed by atoms with Crippen LogP contribution in [0.2, 0.25) is 0 Å². The molecular weight excluding hydrogens is 238 g/mol. The normalized spacial score (nSPS) is 23.7. The maximum absolute atomic E-state index is 12.0. The number of hydrogen-bond acceptors (Lipinski definition) is 4. The minimum atomic E-state index is -1.12. The van der Waals surface area contributed by atoms with Gasteiger partial charge in [-0.05, 0) is 19.8 Å². The average molecular weight is 257 g/mol. The van der Waals surface area contributed by atoms with Crippen LogP contribution in [0.15, 0.2) is 12.2 Å². The van der Waals surface area contributed by atoms with E-state index in [2.05, 4.69) is 5.32 Å². The summed E-state index contributed by atoms with van der Waals surface area (Å²) in [6.45, 7) is 0.685. The minimum absolute atomic E-state index is 0.322. The fourth-order valence-electron chi connectivity index (χ4n) is 1.90. The van der Waals surface area contributed by atoms with Gasteiger partial charge < -0.3 is 20.6 Å². The first kappa shape index (κ1) is 14.7. The van der Waals surface area contributed by atoms with Gasteiger partial charge in [0.25, 0.3) is 0 Å². The Labute approximate surface area is 105 Å². The van der Waals surface area contributed by atoms with Crippen molar-refractivity contribution in [1.82, 2.24) is 5.32 Å². The summed E-state index contributed by atoms with van der Waals surface area (Å²) in [5.74, 6) is -2.87. The van der Waals surface area contributed by atoms with Crippen LogP contribution in [-0.4, -0.2) is 45.9 Å². The highest BCUT2D eigenvalue weighted by Crippen LogP contribution is 2.26. The van der Waals surface area contributed by atoms with Gasteiger partial charge in [-0.2, -0.15) is 0 Å². The number of nitrogens with one attached hydrogen (secondary N) is 1. The number of aliphatic carboxylic acids is 1. The molecule has 2 unspecified atom stereocenters. The predicted molar refractivity (Wildman–Crippen MR) is 63.7 cm³/mol. The highest BCUT2D eigenvalue weighted by Gasteiger charge is 2.36. The number of carboxylic acid groups (broad SMARTS) is 1. The first-order chi connectivity index (χ1) is 8.43. The van der Waals surface area contributed by atoms with Crippen LogP contribution in [-0.2, 0) is 9.59 Å². The van der Waals surface area contributed by atoms with Crippen LogP contribution in [0.1, 0.15) is 19.8 Å². The van der Waals surface area contributed by atoms with E-state index in [0.717, 1.165) is 0 Å². The summed E-state index contributed by atoms with van der Waals surface area (Å²) in [5.41, 5.74) is -1.12. The van der Waals surface area contributed by atoms with Gasteiger partial charge in [-0.3, -0.25) is 9.59 Å². The molecule has 1 aliphatic rings. The summed E-state index contributed by atoms with van der Waals surface area (Å²) in [6.07, 6.45) is 4.21. The summed E-state index contributed by atoms with van der Waals surface area (Å²) in [7, 11) is 0. The Balaban J connectivity index is 2.76. The van der Waals surface area contributed by atoms with Gasteiger partial charge in [0.2, 0.25) is 5.91 Å². The zero-order valence-corrected chi connectivity index (χ0v) is 10.3. The molecule has 0 aromatic rings. The molecular formula is C12H19NO5. The van der Waals surface area contributed by atoms with Crippen molar-refractivity contribution in [2.45, 2.75) is 25.3 Å². The fourth-order valence-corrected chi connectivity index (χ4v) is 1.90. The molecule has 0 heterocycles. The molecule has 0 radical (unpaired) electrons. The Bertz CT molecular complexity index is 348. The third-order valence-corrected chi connectivity index (χ3v) is 3.21. The van der Waals surface area contributed by atoms with Gasteiger partial charge in [0, 0.05) is 0 Å². The van der Waals surface area contributed by atoms with Crippen LogP contribution in [0.5, 0.6) is 0 Å². The van der Waals surface area contributed by atoms with Gasteiger partial charge in [-0.15, -0.1) is 0 Å². The Morgan fingerprint density at radius 3 is 2.17 bits per heavy atom. The van der Waals surface area contributed by atoms with Gasteiger partial charge in [-0.1, -0.05) is 12.2 Å². The van der Waals surface area contributed by atoms with Crippen LogP contribution < -0.4 is 5.32 Å². The summed E-state index contributed by atoms with van der Waals surface area (Å²) in [5, 5.41) is 29.8. The zero-order chi connectivity index (χ0) is 13.8. The number of amides is 1. The maximum atomic E-state index is 12.0. The molecule has 6 heteroatoms. The predicted octanol–water partition coefficient (Wildman–Crippen LogP) is -0.487. The van der Waals surface area contributed by atoms with E-state index in [0.29, 0.717) is 12.8 Å². The number of carboxylic acids is 1. The molecule has 0 aliphatic heterocycles. The number of hydrogen-bond donors (Lipinski definition) is 4. The van der Waals surface area contributed by atoms with Crippen molar-refractivity contribution in [3.05, 3.63) is 12.2 Å². The number of carbonyl (C=O) groups excluding carboxylic acids is 1. The molecule has 102 valence electrons. The van der Waals surface area contributed by atoms with Gasteiger partial charge >= 0.3 is 5.97 Å². The van der Waals surface area contributed by atoms with Crippen LogP contribution in [0, 0.1) is 11.8 Å². The van der Waals surface area contributed by atoms with Crippen molar-refractivity contribution >= 4 is 11.9 Å². The molecule has 6 nitrogen and oxygen atoms in total. The fraction of sp³-hybridized carbons (Fsp3) is 0.667. The molecule has 4 N–H and O–H groups in total. The largest absolute Gasteiger partial charge is 0.481 e. The maximum Gasteiger partial charge on any atom is 0.307 e. The topological polar surface area (TPSA) is 107 Å². The van der Waals surface area contributed by atoms with Crippen molar-refractivity contribution in [2.75, 3.05) is 13.2 Å². The second-order valence-corrected chi connectivity index (χ2v) is 4.86. The van der Waals surface area contributed by atoms with E-state index in [9.17, 15) is 9.59 Å². The molecule has 0 aromatic carbocycles. The van der Waals surface area contributed by atoms with Gasteiger partial charge in [0.15, 0.2) is 0 Å². The third kappa shape index (κ3) is 3.30. The van der Waals surface area contributed by atoms with Crippen LogP contribution in [0.25, 0.3) is 0 Å². The van der Waals surface area contributed by atoms with Crippen molar-refractivity contribution in [1.29, 1.82) is 0 Å². The summed E-state index contributed by atoms with van der Waals surface area (Å²) >= 11 is 0. The summed E-state index contributed by atoms with van der Waals surface area (Å²) < 4.78 is 0. The second-order valence-electron chi connectivity index (χ2n) is 4.86. The van der Waals surface area contributed by atoms with E-state index in [1.54, 1.807) is 12.2 Å². The molecule has 0 fully saturated rings. The van der Waals surface area contributed by atoms with Gasteiger partial charge in [0.1, 0.15) is 0 Å². The lowest BCUT2D eigenvalue weighted by molar-refractivity contribution is -0.148. The molecule has 0 spiro atoms. The number of allylic oxidation sites excluding steroid dienone is 2. The van der Waals surface area contributed by atoms with Gasteiger partial charge in [0.05, 0.1) is 30.6 Å². The van der Waals surface area contributed by atoms with E-state index in [-0.39, 0.29) is 0 Å². The smallest absolute Gasteiger partial charge is 0.307 e. The Kier molecular flexibility index (Phi) is 4.86. The van der Waals surface area contributed by atoms with Crippen molar-refractivity contribution in [3.8, 4) is 0 Å². The lowest BCUT2D eigenvalue weighted by Crippen LogP contribution is -2.54. The van der Waals surface area contributed by atoms with E-state index in [1.165, 1.54) is 6.92 Å². The lowest BCUT2D eigenvalue weighted by Gasteiger charge is -2.31. The first-order valence-electron chi connectivity index (χ1n) is 5.85. The third-order valence-electron chi connectivity index (χ3n) is 3.21. The monoisotopic (exact) mass is 257 g/mol. The SMILES string of the molecule is CC(CO)(CO)NC(=O)C1CC=CCC1C(=O)O. The van der Waals surface area contributed by atoms with Gasteiger partial charge in [-0.25, -0.2) is 0 Å². The standard InChI is InChI=1S/C12H19NO5/c1-12(6-14,7-15)13-10(16)8-4-2-3-5-9(8)11(17)18/h2-3,8-9,14-15H,4-7H2,1H3,(H,13,16)(H,17,18). The van der Waals surface area contributed by atoms with Crippen LogP contribution >= 0.6 is 0 Å². The molecule has 0 saturated heterocycles. The van der Waals surface area contributed by atoms with Crippen molar-refractivity contribution in [3.63, 3.8) is 0 Å². The van der Waals surface area contributed by atoms with E-state index in [4.69, 9.17) is 15.3 Å². The highest BCUT2D eigenvalue weighted by atomic mass is 16.4. The molecule has 2 atom stereocenters. The number of aliphatic hydroxyl groups excluding tert-OH is 2. The number of rotatable bonds is 5. The van der Waals surface area contributed by atoms with E-state index >= 15 is 0 Å². The van der Waals surface area contributed by atoms with Crippen LogP contribution in [0.3, 0.4) is 0 Å². The highest BCUT2D eigenvalue weighted by molar-refractivity contribution is 5.85. The average Bonchev–Trinajstić information content (AvgIpc) is 2.38.